The molecule has 0 spiro atoms. The number of halogens is 1. The Bertz CT molecular complexity index is 810. The van der Waals surface area contributed by atoms with E-state index in [1.807, 2.05) is 30.3 Å². The quantitative estimate of drug-likeness (QED) is 0.621. The molecule has 2 aromatic rings. The lowest BCUT2D eigenvalue weighted by molar-refractivity contribution is -0.387. The third kappa shape index (κ3) is 4.87. The predicted octanol–water partition coefficient (Wildman–Crippen LogP) is 2.54. The van der Waals surface area contributed by atoms with Gasteiger partial charge in [0.1, 0.15) is 0 Å². The molecule has 142 valence electrons. The monoisotopic (exact) mass is 373 g/mol. The summed E-state index contributed by atoms with van der Waals surface area (Å²) in [5.74, 6) is -1.45. The summed E-state index contributed by atoms with van der Waals surface area (Å²) in [6.07, 6.45) is 0. The van der Waals surface area contributed by atoms with Crippen LogP contribution in [-0.4, -0.2) is 48.6 Å². The molecule has 1 saturated heterocycles. The molecule has 3 rings (SSSR count). The molecular formula is C19H20FN3O4. The standard InChI is InChI=1S/C19H20FN3O4/c20-16-7-6-15(12-18(16)23(25)26)19(24)21-17(14-4-2-1-3-5-14)13-22-8-10-27-11-9-22/h1-7,12,17H,8-11,13H2,(H,21,24)/t17-/m1/s1. The Morgan fingerprint density at radius 2 is 1.93 bits per heavy atom. The minimum Gasteiger partial charge on any atom is -0.379 e. The molecule has 0 radical (unpaired) electrons. The number of benzene rings is 2. The molecule has 1 amide bonds. The number of nitrogens with one attached hydrogen (secondary N) is 1. The Hall–Kier alpha value is -2.84. The van der Waals surface area contributed by atoms with Crippen LogP contribution in [0.25, 0.3) is 0 Å². The molecule has 27 heavy (non-hydrogen) atoms. The second-order valence-corrected chi connectivity index (χ2v) is 6.27. The molecule has 0 aromatic heterocycles. The molecule has 1 fully saturated rings. The molecule has 1 atom stereocenters. The first-order valence-corrected chi connectivity index (χ1v) is 8.64. The normalized spacial score (nSPS) is 15.9. The average molecular weight is 373 g/mol. The smallest absolute Gasteiger partial charge is 0.305 e. The van der Waals surface area contributed by atoms with Gasteiger partial charge in [-0.25, -0.2) is 0 Å². The first-order valence-electron chi connectivity index (χ1n) is 8.64. The second kappa shape index (κ2) is 8.70. The van der Waals surface area contributed by atoms with Crippen molar-refractivity contribution in [2.24, 2.45) is 0 Å². The predicted molar refractivity (Wildman–Crippen MR) is 97.0 cm³/mol. The second-order valence-electron chi connectivity index (χ2n) is 6.27. The lowest BCUT2D eigenvalue weighted by Gasteiger charge is -2.31. The van der Waals surface area contributed by atoms with Crippen molar-refractivity contribution in [1.82, 2.24) is 10.2 Å². The van der Waals surface area contributed by atoms with Crippen LogP contribution in [0.2, 0.25) is 0 Å². The number of hydrogen-bond acceptors (Lipinski definition) is 5. The van der Waals surface area contributed by atoms with Gasteiger partial charge >= 0.3 is 5.69 Å². The number of ether oxygens (including phenoxy) is 1. The fourth-order valence-corrected chi connectivity index (χ4v) is 3.00. The van der Waals surface area contributed by atoms with Gasteiger partial charge in [-0.05, 0) is 17.7 Å². The highest BCUT2D eigenvalue weighted by Gasteiger charge is 2.22. The van der Waals surface area contributed by atoms with Gasteiger partial charge in [-0.15, -0.1) is 0 Å². The lowest BCUT2D eigenvalue weighted by Crippen LogP contribution is -2.43. The molecule has 0 unspecified atom stereocenters. The first-order chi connectivity index (χ1) is 13.0. The van der Waals surface area contributed by atoms with Crippen LogP contribution >= 0.6 is 0 Å². The lowest BCUT2D eigenvalue weighted by atomic mass is 10.0. The zero-order chi connectivity index (χ0) is 19.2. The van der Waals surface area contributed by atoms with Crippen molar-refractivity contribution in [1.29, 1.82) is 0 Å². The van der Waals surface area contributed by atoms with E-state index in [2.05, 4.69) is 10.2 Å². The van der Waals surface area contributed by atoms with E-state index in [1.54, 1.807) is 0 Å². The van der Waals surface area contributed by atoms with E-state index in [-0.39, 0.29) is 11.6 Å². The van der Waals surface area contributed by atoms with Crippen molar-refractivity contribution in [3.05, 3.63) is 75.6 Å². The molecule has 2 aromatic carbocycles. The zero-order valence-electron chi connectivity index (χ0n) is 14.6. The van der Waals surface area contributed by atoms with Crippen molar-refractivity contribution in [3.8, 4) is 0 Å². The van der Waals surface area contributed by atoms with Gasteiger partial charge in [-0.3, -0.25) is 19.8 Å². The number of rotatable bonds is 6. The van der Waals surface area contributed by atoms with Crippen molar-refractivity contribution in [2.75, 3.05) is 32.8 Å². The van der Waals surface area contributed by atoms with Gasteiger partial charge in [-0.1, -0.05) is 30.3 Å². The third-order valence-corrected chi connectivity index (χ3v) is 4.46. The van der Waals surface area contributed by atoms with E-state index in [1.165, 1.54) is 6.07 Å². The Labute approximate surface area is 155 Å². The summed E-state index contributed by atoms with van der Waals surface area (Å²) >= 11 is 0. The molecule has 7 nitrogen and oxygen atoms in total. The SMILES string of the molecule is O=C(N[C@H](CN1CCOCC1)c1ccccc1)c1ccc(F)c([N+](=O)[O-])c1. The highest BCUT2D eigenvalue weighted by atomic mass is 19.1. The van der Waals surface area contributed by atoms with Gasteiger partial charge in [0, 0.05) is 31.3 Å². The van der Waals surface area contributed by atoms with Crippen molar-refractivity contribution < 1.29 is 18.8 Å². The number of nitro benzene ring substituents is 1. The summed E-state index contributed by atoms with van der Waals surface area (Å²) in [5, 5.41) is 13.8. The summed E-state index contributed by atoms with van der Waals surface area (Å²) in [7, 11) is 0. The number of amides is 1. The van der Waals surface area contributed by atoms with E-state index in [0.29, 0.717) is 19.8 Å². The fourth-order valence-electron chi connectivity index (χ4n) is 3.00. The van der Waals surface area contributed by atoms with Gasteiger partial charge in [0.05, 0.1) is 24.2 Å². The Kier molecular flexibility index (Phi) is 6.10. The molecule has 1 aliphatic heterocycles. The van der Waals surface area contributed by atoms with Gasteiger partial charge in [0.25, 0.3) is 5.91 Å². The number of hydrogen-bond donors (Lipinski definition) is 1. The fraction of sp³-hybridized carbons (Fsp3) is 0.316. The van der Waals surface area contributed by atoms with E-state index in [9.17, 15) is 19.3 Å². The largest absolute Gasteiger partial charge is 0.379 e. The van der Waals surface area contributed by atoms with Gasteiger partial charge in [0.2, 0.25) is 5.82 Å². The highest BCUT2D eigenvalue weighted by Crippen LogP contribution is 2.20. The molecule has 8 heteroatoms. The minimum atomic E-state index is -0.968. The molecular weight excluding hydrogens is 353 g/mol. The van der Waals surface area contributed by atoms with Crippen LogP contribution < -0.4 is 5.32 Å². The topological polar surface area (TPSA) is 84.7 Å². The maximum absolute atomic E-state index is 13.5. The molecule has 0 bridgehead atoms. The number of carbonyl (C=O) groups excluding carboxylic acids is 1. The van der Waals surface area contributed by atoms with E-state index < -0.39 is 22.3 Å². The Balaban J connectivity index is 1.79. The number of carbonyl (C=O) groups is 1. The molecule has 1 heterocycles. The Morgan fingerprint density at radius 1 is 1.22 bits per heavy atom. The van der Waals surface area contributed by atoms with Crippen LogP contribution in [0.3, 0.4) is 0 Å². The number of nitro groups is 1. The van der Waals surface area contributed by atoms with Gasteiger partial charge in [0.15, 0.2) is 0 Å². The van der Waals surface area contributed by atoms with Crippen LogP contribution in [0.5, 0.6) is 0 Å². The van der Waals surface area contributed by atoms with Crippen molar-refractivity contribution in [3.63, 3.8) is 0 Å². The van der Waals surface area contributed by atoms with E-state index >= 15 is 0 Å². The zero-order valence-corrected chi connectivity index (χ0v) is 14.6. The van der Waals surface area contributed by atoms with Crippen molar-refractivity contribution in [2.45, 2.75) is 6.04 Å². The van der Waals surface area contributed by atoms with Crippen molar-refractivity contribution >= 4 is 11.6 Å². The maximum atomic E-state index is 13.5. The maximum Gasteiger partial charge on any atom is 0.305 e. The summed E-state index contributed by atoms with van der Waals surface area (Å²) in [4.78, 5) is 24.9. The molecule has 1 N–H and O–H groups in total. The summed E-state index contributed by atoms with van der Waals surface area (Å²) < 4.78 is 18.9. The highest BCUT2D eigenvalue weighted by molar-refractivity contribution is 5.95. The molecule has 0 aliphatic carbocycles. The summed E-state index contributed by atoms with van der Waals surface area (Å²) in [6.45, 7) is 3.39. The third-order valence-electron chi connectivity index (χ3n) is 4.46. The summed E-state index contributed by atoms with van der Waals surface area (Å²) in [6, 6.07) is 12.3. The first kappa shape index (κ1) is 18.9. The minimum absolute atomic E-state index is 0.0472. The van der Waals surface area contributed by atoms with Gasteiger partial charge in [-0.2, -0.15) is 4.39 Å². The number of morpholine rings is 1. The van der Waals surface area contributed by atoms with Crippen LogP contribution in [0.4, 0.5) is 10.1 Å². The van der Waals surface area contributed by atoms with Gasteiger partial charge < -0.3 is 10.1 Å². The number of nitrogens with zero attached hydrogens (tertiary/aromatic N) is 2. The Morgan fingerprint density at radius 3 is 2.59 bits per heavy atom. The van der Waals surface area contributed by atoms with Crippen LogP contribution in [0.1, 0.15) is 22.0 Å². The summed E-state index contributed by atoms with van der Waals surface area (Å²) in [5.41, 5.74) is 0.257. The van der Waals surface area contributed by atoms with E-state index in [4.69, 9.17) is 4.74 Å². The van der Waals surface area contributed by atoms with E-state index in [0.717, 1.165) is 30.8 Å². The van der Waals surface area contributed by atoms with Crippen LogP contribution in [0.15, 0.2) is 48.5 Å². The average Bonchev–Trinajstić information content (AvgIpc) is 2.69. The molecule has 0 saturated carbocycles. The van der Waals surface area contributed by atoms with Crippen LogP contribution in [0, 0.1) is 15.9 Å². The molecule has 1 aliphatic rings. The van der Waals surface area contributed by atoms with Crippen LogP contribution in [-0.2, 0) is 4.74 Å².